The van der Waals surface area contributed by atoms with Crippen LogP contribution in [0.15, 0.2) is 0 Å². The highest BCUT2D eigenvalue weighted by Gasteiger charge is 2.03. The van der Waals surface area contributed by atoms with Crippen LogP contribution in [0.4, 0.5) is 0 Å². The third kappa shape index (κ3) is 7.56. The molecule has 0 heterocycles. The van der Waals surface area contributed by atoms with Gasteiger partial charge in [-0.25, -0.2) is 0 Å². The largest absolute Gasteiger partial charge is 0.382 e. The first-order valence-electron chi connectivity index (χ1n) is 4.94. The summed E-state index contributed by atoms with van der Waals surface area (Å²) in [6.45, 7) is 5.45. The number of nitriles is 1. The molecule has 14 heavy (non-hydrogen) atoms. The van der Waals surface area contributed by atoms with Crippen molar-refractivity contribution in [3.05, 3.63) is 0 Å². The Labute approximate surface area is 85.2 Å². The fourth-order valence-corrected chi connectivity index (χ4v) is 0.880. The molecule has 0 spiro atoms. The molecule has 0 aromatic rings. The summed E-state index contributed by atoms with van der Waals surface area (Å²) in [7, 11) is 0. The van der Waals surface area contributed by atoms with Crippen molar-refractivity contribution >= 4 is 5.91 Å². The van der Waals surface area contributed by atoms with Crippen molar-refractivity contribution < 1.29 is 9.53 Å². The second-order valence-corrected chi connectivity index (χ2v) is 3.13. The van der Waals surface area contributed by atoms with E-state index in [0.29, 0.717) is 26.2 Å². The number of hydrogen-bond donors (Lipinski definition) is 1. The quantitative estimate of drug-likeness (QED) is 0.623. The van der Waals surface area contributed by atoms with Gasteiger partial charge in [-0.3, -0.25) is 4.79 Å². The van der Waals surface area contributed by atoms with E-state index < -0.39 is 0 Å². The van der Waals surface area contributed by atoms with Crippen LogP contribution < -0.4 is 5.32 Å². The maximum Gasteiger partial charge on any atom is 0.220 e. The number of rotatable bonds is 7. The van der Waals surface area contributed by atoms with E-state index >= 15 is 0 Å². The van der Waals surface area contributed by atoms with Crippen LogP contribution in [-0.2, 0) is 9.53 Å². The Morgan fingerprint density at radius 2 is 2.36 bits per heavy atom. The molecule has 1 atom stereocenters. The predicted molar refractivity (Wildman–Crippen MR) is 53.5 cm³/mol. The summed E-state index contributed by atoms with van der Waals surface area (Å²) in [6, 6.07) is 2.06. The van der Waals surface area contributed by atoms with Gasteiger partial charge in [-0.2, -0.15) is 5.26 Å². The molecule has 0 aliphatic rings. The molecule has 0 aliphatic carbocycles. The van der Waals surface area contributed by atoms with E-state index in [0.717, 1.165) is 6.42 Å². The molecular formula is C10H18N2O2. The molecule has 80 valence electrons. The number of nitrogens with one attached hydrogen (secondary N) is 1. The van der Waals surface area contributed by atoms with Crippen molar-refractivity contribution in [1.82, 2.24) is 5.32 Å². The number of carbonyl (C=O) groups is 1. The Hall–Kier alpha value is -1.08. The molecule has 0 bridgehead atoms. The summed E-state index contributed by atoms with van der Waals surface area (Å²) < 4.78 is 5.10. The van der Waals surface area contributed by atoms with E-state index in [1.54, 1.807) is 6.92 Å². The monoisotopic (exact) mass is 198 g/mol. The smallest absolute Gasteiger partial charge is 0.220 e. The fraction of sp³-hybridized carbons (Fsp3) is 0.800. The lowest BCUT2D eigenvalue weighted by Crippen LogP contribution is -2.27. The minimum absolute atomic E-state index is 0.00759. The van der Waals surface area contributed by atoms with Crippen molar-refractivity contribution in [1.29, 1.82) is 5.26 Å². The average molecular weight is 198 g/mol. The van der Waals surface area contributed by atoms with E-state index in [2.05, 4.69) is 11.4 Å². The van der Waals surface area contributed by atoms with Gasteiger partial charge in [0.05, 0.1) is 12.0 Å². The van der Waals surface area contributed by atoms with Crippen LogP contribution in [-0.4, -0.2) is 25.7 Å². The predicted octanol–water partition coefficient (Wildman–Crippen LogP) is 1.08. The average Bonchev–Trinajstić information content (AvgIpc) is 2.21. The molecule has 1 unspecified atom stereocenters. The van der Waals surface area contributed by atoms with Gasteiger partial charge in [0.25, 0.3) is 0 Å². The van der Waals surface area contributed by atoms with Gasteiger partial charge in [0.1, 0.15) is 0 Å². The zero-order valence-corrected chi connectivity index (χ0v) is 8.88. The highest BCUT2D eigenvalue weighted by molar-refractivity contribution is 5.75. The maximum atomic E-state index is 11.2. The van der Waals surface area contributed by atoms with Gasteiger partial charge in [0.2, 0.25) is 5.91 Å². The molecule has 0 rings (SSSR count). The fourth-order valence-electron chi connectivity index (χ4n) is 0.880. The van der Waals surface area contributed by atoms with E-state index in [1.165, 1.54) is 0 Å². The molecule has 0 saturated carbocycles. The first-order valence-corrected chi connectivity index (χ1v) is 4.94. The number of ether oxygens (including phenoxy) is 1. The lowest BCUT2D eigenvalue weighted by Gasteiger charge is -2.05. The zero-order chi connectivity index (χ0) is 10.8. The van der Waals surface area contributed by atoms with Crippen LogP contribution >= 0.6 is 0 Å². The van der Waals surface area contributed by atoms with Crippen LogP contribution in [0.5, 0.6) is 0 Å². The van der Waals surface area contributed by atoms with E-state index in [1.807, 2.05) is 6.92 Å². The van der Waals surface area contributed by atoms with Gasteiger partial charge in [0.15, 0.2) is 0 Å². The van der Waals surface area contributed by atoms with Crippen molar-refractivity contribution in [2.45, 2.75) is 26.7 Å². The van der Waals surface area contributed by atoms with E-state index in [4.69, 9.17) is 10.00 Å². The molecule has 1 N–H and O–H groups in total. The number of nitrogens with zero attached hydrogens (tertiary/aromatic N) is 1. The van der Waals surface area contributed by atoms with Crippen LogP contribution in [0.2, 0.25) is 0 Å². The SMILES string of the molecule is CCOCCCC(=O)NCC(C)C#N. The molecular weight excluding hydrogens is 180 g/mol. The summed E-state index contributed by atoms with van der Waals surface area (Å²) in [6.07, 6.45) is 1.21. The Kier molecular flexibility index (Phi) is 7.86. The van der Waals surface area contributed by atoms with Gasteiger partial charge < -0.3 is 10.1 Å². The number of amides is 1. The minimum Gasteiger partial charge on any atom is -0.382 e. The normalized spacial score (nSPS) is 11.8. The van der Waals surface area contributed by atoms with Crippen molar-refractivity contribution in [3.63, 3.8) is 0 Å². The minimum atomic E-state index is -0.120. The molecule has 1 amide bonds. The van der Waals surface area contributed by atoms with Crippen LogP contribution in [0.1, 0.15) is 26.7 Å². The topological polar surface area (TPSA) is 62.1 Å². The van der Waals surface area contributed by atoms with Crippen molar-refractivity contribution in [3.8, 4) is 6.07 Å². The van der Waals surface area contributed by atoms with Crippen molar-refractivity contribution in [2.75, 3.05) is 19.8 Å². The summed E-state index contributed by atoms with van der Waals surface area (Å²) in [4.78, 5) is 11.2. The van der Waals surface area contributed by atoms with Gasteiger partial charge in [-0.05, 0) is 20.3 Å². The standard InChI is InChI=1S/C10H18N2O2/c1-3-14-6-4-5-10(13)12-8-9(2)7-11/h9H,3-6,8H2,1-2H3,(H,12,13). The number of carbonyl (C=O) groups excluding carboxylic acids is 1. The second kappa shape index (κ2) is 8.52. The molecule has 4 nitrogen and oxygen atoms in total. The first kappa shape index (κ1) is 12.9. The highest BCUT2D eigenvalue weighted by atomic mass is 16.5. The Morgan fingerprint density at radius 3 is 2.93 bits per heavy atom. The molecule has 0 aromatic heterocycles. The highest BCUT2D eigenvalue weighted by Crippen LogP contribution is 1.92. The second-order valence-electron chi connectivity index (χ2n) is 3.13. The van der Waals surface area contributed by atoms with Gasteiger partial charge >= 0.3 is 0 Å². The maximum absolute atomic E-state index is 11.2. The lowest BCUT2D eigenvalue weighted by atomic mass is 10.2. The lowest BCUT2D eigenvalue weighted by molar-refractivity contribution is -0.121. The van der Waals surface area contributed by atoms with Crippen LogP contribution in [0.3, 0.4) is 0 Å². The summed E-state index contributed by atoms with van der Waals surface area (Å²) in [5.74, 6) is -0.127. The third-order valence-corrected chi connectivity index (χ3v) is 1.72. The van der Waals surface area contributed by atoms with E-state index in [-0.39, 0.29) is 11.8 Å². The molecule has 0 saturated heterocycles. The van der Waals surface area contributed by atoms with Crippen molar-refractivity contribution in [2.24, 2.45) is 5.92 Å². The summed E-state index contributed by atoms with van der Waals surface area (Å²) in [5.41, 5.74) is 0. The molecule has 0 radical (unpaired) electrons. The summed E-state index contributed by atoms with van der Waals surface area (Å²) >= 11 is 0. The van der Waals surface area contributed by atoms with Gasteiger partial charge in [-0.15, -0.1) is 0 Å². The third-order valence-electron chi connectivity index (χ3n) is 1.72. The number of hydrogen-bond acceptors (Lipinski definition) is 3. The van der Waals surface area contributed by atoms with E-state index in [9.17, 15) is 4.79 Å². The van der Waals surface area contributed by atoms with Gasteiger partial charge in [-0.1, -0.05) is 0 Å². The van der Waals surface area contributed by atoms with Crippen LogP contribution in [0.25, 0.3) is 0 Å². The van der Waals surface area contributed by atoms with Crippen LogP contribution in [0, 0.1) is 17.2 Å². The Morgan fingerprint density at radius 1 is 1.64 bits per heavy atom. The molecule has 4 heteroatoms. The zero-order valence-electron chi connectivity index (χ0n) is 8.88. The Balaban J connectivity index is 3.33. The van der Waals surface area contributed by atoms with Gasteiger partial charge in [0, 0.05) is 26.2 Å². The first-order chi connectivity index (χ1) is 6.70. The Bertz CT molecular complexity index is 199. The molecule has 0 fully saturated rings. The molecule has 0 aliphatic heterocycles. The molecule has 0 aromatic carbocycles. The summed E-state index contributed by atoms with van der Waals surface area (Å²) in [5, 5.41) is 11.2.